The number of benzene rings is 2. The molecule has 8 heteroatoms. The number of carbonyl (C=O) groups excluding carboxylic acids is 1. The molecule has 0 aliphatic carbocycles. The minimum atomic E-state index is -3.67. The van der Waals surface area contributed by atoms with Crippen LogP contribution in [0.4, 0.5) is 0 Å². The fourth-order valence-corrected chi connectivity index (χ4v) is 4.56. The number of rotatable bonds is 5. The molecule has 3 rings (SSSR count). The highest BCUT2D eigenvalue weighted by Crippen LogP contribution is 2.22. The van der Waals surface area contributed by atoms with E-state index in [9.17, 15) is 18.3 Å². The lowest BCUT2D eigenvalue weighted by molar-refractivity contribution is 0.0730. The second kappa shape index (κ2) is 8.08. The number of nitrogens with one attached hydrogen (secondary N) is 1. The number of nitrogens with zero attached hydrogens (tertiary/aromatic N) is 1. The van der Waals surface area contributed by atoms with Crippen molar-refractivity contribution in [3.8, 4) is 5.75 Å². The van der Waals surface area contributed by atoms with Gasteiger partial charge >= 0.3 is 0 Å². The van der Waals surface area contributed by atoms with Gasteiger partial charge in [-0.25, -0.2) is 8.42 Å². The summed E-state index contributed by atoms with van der Waals surface area (Å²) >= 11 is 0. The molecule has 1 saturated heterocycles. The number of phenolic OH excluding ortho intramolecular Hbond substituents is 1. The third kappa shape index (κ3) is 4.29. The number of aromatic hydroxyl groups is 1. The Morgan fingerprint density at radius 3 is 2.59 bits per heavy atom. The van der Waals surface area contributed by atoms with Gasteiger partial charge in [-0.1, -0.05) is 24.3 Å². The summed E-state index contributed by atoms with van der Waals surface area (Å²) in [5, 5.41) is 12.6. The maximum atomic E-state index is 12.9. The number of ether oxygens (including phenoxy) is 1. The molecule has 0 unspecified atom stereocenters. The number of aryl methyl sites for hydroxylation is 1. The highest BCUT2D eigenvalue weighted by Gasteiger charge is 2.28. The maximum Gasteiger partial charge on any atom is 0.255 e. The molecule has 0 bridgehead atoms. The van der Waals surface area contributed by atoms with E-state index < -0.39 is 15.9 Å². The highest BCUT2D eigenvalue weighted by atomic mass is 32.2. The zero-order valence-electron chi connectivity index (χ0n) is 15.0. The summed E-state index contributed by atoms with van der Waals surface area (Å²) in [6.45, 7) is 3.19. The summed E-state index contributed by atoms with van der Waals surface area (Å²) in [5.41, 5.74) is 1.48. The largest absolute Gasteiger partial charge is 0.507 e. The van der Waals surface area contributed by atoms with Crippen molar-refractivity contribution in [3.63, 3.8) is 0 Å². The van der Waals surface area contributed by atoms with E-state index in [1.807, 2.05) is 6.92 Å². The van der Waals surface area contributed by atoms with Crippen LogP contribution in [0.3, 0.4) is 0 Å². The lowest BCUT2D eigenvalue weighted by Crippen LogP contribution is -2.41. The molecule has 0 atom stereocenters. The minimum Gasteiger partial charge on any atom is -0.507 e. The Kier molecular flexibility index (Phi) is 5.79. The Morgan fingerprint density at radius 2 is 1.89 bits per heavy atom. The molecule has 1 fully saturated rings. The molecule has 0 aromatic heterocycles. The van der Waals surface area contributed by atoms with Gasteiger partial charge in [0.25, 0.3) is 5.91 Å². The molecule has 2 N–H and O–H groups in total. The van der Waals surface area contributed by atoms with Gasteiger partial charge in [0, 0.05) is 19.6 Å². The van der Waals surface area contributed by atoms with Crippen LogP contribution in [0.1, 0.15) is 21.5 Å². The summed E-state index contributed by atoms with van der Waals surface area (Å²) in [4.78, 5) is 12.5. The van der Waals surface area contributed by atoms with Crippen LogP contribution >= 0.6 is 0 Å². The van der Waals surface area contributed by atoms with Crippen LogP contribution in [0.25, 0.3) is 0 Å². The zero-order chi connectivity index (χ0) is 19.4. The van der Waals surface area contributed by atoms with E-state index in [0.29, 0.717) is 31.9 Å². The summed E-state index contributed by atoms with van der Waals surface area (Å²) < 4.78 is 32.5. The van der Waals surface area contributed by atoms with Gasteiger partial charge in [0.2, 0.25) is 10.0 Å². The molecular weight excluding hydrogens is 368 g/mol. The fourth-order valence-electron chi connectivity index (χ4n) is 2.93. The number of phenols is 1. The fraction of sp³-hybridized carbons (Fsp3) is 0.316. The number of hydrogen-bond donors (Lipinski definition) is 2. The highest BCUT2D eigenvalue weighted by molar-refractivity contribution is 7.89. The van der Waals surface area contributed by atoms with Crippen molar-refractivity contribution in [1.82, 2.24) is 9.62 Å². The molecule has 0 saturated carbocycles. The second-order valence-electron chi connectivity index (χ2n) is 6.33. The maximum absolute atomic E-state index is 12.9. The van der Waals surface area contributed by atoms with Crippen molar-refractivity contribution in [2.24, 2.45) is 0 Å². The minimum absolute atomic E-state index is 0.0336. The molecule has 1 aliphatic rings. The standard InChI is InChI=1S/C19H22N2O5S/c1-14-6-7-16(17(22)12-14)19(23)20-13-15-4-2-3-5-18(15)27(24,25)21-8-10-26-11-9-21/h2-7,12,22H,8-11,13H2,1H3,(H,20,23). The quantitative estimate of drug-likeness (QED) is 0.809. The van der Waals surface area contributed by atoms with E-state index in [1.54, 1.807) is 24.3 Å². The first kappa shape index (κ1) is 19.3. The van der Waals surface area contributed by atoms with Crippen LogP contribution in [0.5, 0.6) is 5.75 Å². The smallest absolute Gasteiger partial charge is 0.255 e. The van der Waals surface area contributed by atoms with Crippen molar-refractivity contribution < 1.29 is 23.1 Å². The van der Waals surface area contributed by atoms with Gasteiger partial charge in [-0.05, 0) is 36.2 Å². The molecule has 0 radical (unpaired) electrons. The van der Waals surface area contributed by atoms with Gasteiger partial charge in [0.05, 0.1) is 23.7 Å². The number of hydrogen-bond acceptors (Lipinski definition) is 5. The number of carbonyl (C=O) groups is 1. The molecule has 2 aromatic rings. The first-order valence-corrected chi connectivity index (χ1v) is 10.1. The zero-order valence-corrected chi connectivity index (χ0v) is 15.8. The Balaban J connectivity index is 1.79. The van der Waals surface area contributed by atoms with Gasteiger partial charge in [0.1, 0.15) is 5.75 Å². The molecule has 27 heavy (non-hydrogen) atoms. The first-order valence-electron chi connectivity index (χ1n) is 8.63. The van der Waals surface area contributed by atoms with Crippen LogP contribution in [0, 0.1) is 6.92 Å². The predicted octanol–water partition coefficient (Wildman–Crippen LogP) is 1.65. The van der Waals surface area contributed by atoms with Crippen LogP contribution in [-0.2, 0) is 21.3 Å². The van der Waals surface area contributed by atoms with E-state index >= 15 is 0 Å². The van der Waals surface area contributed by atoms with E-state index in [2.05, 4.69) is 5.32 Å². The number of morpholine rings is 1. The summed E-state index contributed by atoms with van der Waals surface area (Å²) in [6, 6.07) is 11.4. The summed E-state index contributed by atoms with van der Waals surface area (Å²) in [5.74, 6) is -0.576. The third-order valence-corrected chi connectivity index (χ3v) is 6.40. The van der Waals surface area contributed by atoms with Crippen LogP contribution in [0.15, 0.2) is 47.4 Å². The average molecular weight is 390 g/mol. The van der Waals surface area contributed by atoms with E-state index in [1.165, 1.54) is 22.5 Å². The molecule has 7 nitrogen and oxygen atoms in total. The van der Waals surface area contributed by atoms with Crippen molar-refractivity contribution in [3.05, 3.63) is 59.2 Å². The van der Waals surface area contributed by atoms with Gasteiger partial charge in [-0.15, -0.1) is 0 Å². The number of amides is 1. The molecule has 1 heterocycles. The van der Waals surface area contributed by atoms with E-state index in [-0.39, 0.29) is 22.8 Å². The van der Waals surface area contributed by atoms with Crippen LogP contribution in [0.2, 0.25) is 0 Å². The molecule has 2 aromatic carbocycles. The normalized spacial score (nSPS) is 15.4. The predicted molar refractivity (Wildman–Crippen MR) is 100 cm³/mol. The van der Waals surface area contributed by atoms with Crippen molar-refractivity contribution >= 4 is 15.9 Å². The van der Waals surface area contributed by atoms with E-state index in [0.717, 1.165) is 5.56 Å². The SMILES string of the molecule is Cc1ccc(C(=O)NCc2ccccc2S(=O)(=O)N2CCOCC2)c(O)c1. The molecule has 1 aliphatic heterocycles. The average Bonchev–Trinajstić information content (AvgIpc) is 2.67. The topological polar surface area (TPSA) is 95.9 Å². The Labute approximate surface area is 158 Å². The van der Waals surface area contributed by atoms with Crippen molar-refractivity contribution in [2.45, 2.75) is 18.4 Å². The van der Waals surface area contributed by atoms with Crippen LogP contribution in [-0.4, -0.2) is 50.0 Å². The van der Waals surface area contributed by atoms with Gasteiger partial charge in [-0.3, -0.25) is 4.79 Å². The van der Waals surface area contributed by atoms with Gasteiger partial charge in [-0.2, -0.15) is 4.31 Å². The second-order valence-corrected chi connectivity index (χ2v) is 8.23. The molecule has 0 spiro atoms. The molecule has 1 amide bonds. The Bertz CT molecular complexity index is 937. The monoisotopic (exact) mass is 390 g/mol. The van der Waals surface area contributed by atoms with Crippen LogP contribution < -0.4 is 5.32 Å². The van der Waals surface area contributed by atoms with Crippen molar-refractivity contribution in [2.75, 3.05) is 26.3 Å². The number of sulfonamides is 1. The third-order valence-electron chi connectivity index (χ3n) is 4.40. The lowest BCUT2D eigenvalue weighted by Gasteiger charge is -2.27. The summed E-state index contributed by atoms with van der Waals surface area (Å²) in [6.07, 6.45) is 0. The Hall–Kier alpha value is -2.42. The molecular formula is C19H22N2O5S. The molecule has 144 valence electrons. The van der Waals surface area contributed by atoms with E-state index in [4.69, 9.17) is 4.74 Å². The van der Waals surface area contributed by atoms with Gasteiger partial charge < -0.3 is 15.2 Å². The summed E-state index contributed by atoms with van der Waals surface area (Å²) in [7, 11) is -3.67. The van der Waals surface area contributed by atoms with Gasteiger partial charge in [0.15, 0.2) is 0 Å². The Morgan fingerprint density at radius 1 is 1.19 bits per heavy atom. The van der Waals surface area contributed by atoms with Crippen molar-refractivity contribution in [1.29, 1.82) is 0 Å². The first-order chi connectivity index (χ1) is 12.9. The lowest BCUT2D eigenvalue weighted by atomic mass is 10.1.